The first-order valence-electron chi connectivity index (χ1n) is 8.34. The van der Waals surface area contributed by atoms with Crippen LogP contribution in [0.3, 0.4) is 0 Å². The van der Waals surface area contributed by atoms with Crippen molar-refractivity contribution in [2.24, 2.45) is 0 Å². The largest absolute Gasteiger partial charge is 0.371 e. The summed E-state index contributed by atoms with van der Waals surface area (Å²) in [7, 11) is 0. The number of benzene rings is 1. The van der Waals surface area contributed by atoms with Crippen LogP contribution in [-0.4, -0.2) is 55.0 Å². The van der Waals surface area contributed by atoms with E-state index in [0.29, 0.717) is 19.7 Å². The van der Waals surface area contributed by atoms with Crippen molar-refractivity contribution in [2.75, 3.05) is 32.8 Å². The molecule has 1 unspecified atom stereocenters. The van der Waals surface area contributed by atoms with Crippen molar-refractivity contribution < 1.29 is 14.3 Å². The summed E-state index contributed by atoms with van der Waals surface area (Å²) in [6, 6.07) is 10.1. The van der Waals surface area contributed by atoms with Crippen LogP contribution >= 0.6 is 0 Å². The summed E-state index contributed by atoms with van der Waals surface area (Å²) in [4.78, 5) is 25.7. The zero-order valence-electron chi connectivity index (χ0n) is 14.7. The summed E-state index contributed by atoms with van der Waals surface area (Å²) < 4.78 is 5.82. The average Bonchev–Trinajstić information content (AvgIpc) is 2.54. The van der Waals surface area contributed by atoms with E-state index in [1.54, 1.807) is 0 Å². The third kappa shape index (κ3) is 5.94. The van der Waals surface area contributed by atoms with Gasteiger partial charge in [0, 0.05) is 31.7 Å². The molecule has 1 aliphatic rings. The van der Waals surface area contributed by atoms with E-state index >= 15 is 0 Å². The lowest BCUT2D eigenvalue weighted by atomic mass is 10.1. The number of nitrogens with one attached hydrogen (secondary N) is 2. The molecule has 0 saturated carbocycles. The predicted octanol–water partition coefficient (Wildman–Crippen LogP) is 1.09. The number of amides is 2. The monoisotopic (exact) mass is 333 g/mol. The Bertz CT molecular complexity index is 554. The fourth-order valence-electron chi connectivity index (χ4n) is 2.58. The second-order valence-electron chi connectivity index (χ2n) is 7.03. The first-order chi connectivity index (χ1) is 11.3. The Labute approximate surface area is 143 Å². The minimum Gasteiger partial charge on any atom is -0.371 e. The van der Waals surface area contributed by atoms with E-state index in [2.05, 4.69) is 27.7 Å². The molecule has 1 fully saturated rings. The second kappa shape index (κ2) is 8.26. The molecule has 2 N–H and O–H groups in total. The van der Waals surface area contributed by atoms with Crippen molar-refractivity contribution in [2.45, 2.75) is 32.4 Å². The number of carbonyl (C=O) groups excluding carboxylic acids is 2. The van der Waals surface area contributed by atoms with Crippen LogP contribution in [0.25, 0.3) is 0 Å². The van der Waals surface area contributed by atoms with Crippen molar-refractivity contribution in [3.05, 3.63) is 35.9 Å². The van der Waals surface area contributed by atoms with Crippen molar-refractivity contribution in [1.82, 2.24) is 15.5 Å². The molecule has 132 valence electrons. The van der Waals surface area contributed by atoms with Gasteiger partial charge in [-0.1, -0.05) is 30.3 Å². The molecule has 0 spiro atoms. The van der Waals surface area contributed by atoms with Gasteiger partial charge < -0.3 is 15.4 Å². The van der Waals surface area contributed by atoms with Gasteiger partial charge in [0.05, 0.1) is 12.7 Å². The highest BCUT2D eigenvalue weighted by molar-refractivity contribution is 6.35. The first kappa shape index (κ1) is 18.4. The quantitative estimate of drug-likeness (QED) is 0.809. The summed E-state index contributed by atoms with van der Waals surface area (Å²) in [5.41, 5.74) is 0.748. The van der Waals surface area contributed by atoms with Gasteiger partial charge in [0.25, 0.3) is 0 Å². The average molecular weight is 333 g/mol. The van der Waals surface area contributed by atoms with Gasteiger partial charge in [0.2, 0.25) is 0 Å². The molecule has 0 radical (unpaired) electrons. The molecule has 1 atom stereocenters. The van der Waals surface area contributed by atoms with E-state index < -0.39 is 17.4 Å². The summed E-state index contributed by atoms with van der Waals surface area (Å²) in [5.74, 6) is -1.18. The SMILES string of the molecule is CC(C)(C)NC(=O)C(=O)NCCN1CCOC(c2ccccc2)C1. The Morgan fingerprint density at radius 3 is 2.58 bits per heavy atom. The maximum atomic E-state index is 11.8. The predicted molar refractivity (Wildman–Crippen MR) is 92.5 cm³/mol. The first-order valence-corrected chi connectivity index (χ1v) is 8.34. The molecule has 1 aliphatic heterocycles. The van der Waals surface area contributed by atoms with Gasteiger partial charge in [0.15, 0.2) is 0 Å². The van der Waals surface area contributed by atoms with E-state index in [-0.39, 0.29) is 6.10 Å². The number of rotatable bonds is 4. The third-order valence-electron chi connectivity index (χ3n) is 3.73. The molecule has 1 saturated heterocycles. The van der Waals surface area contributed by atoms with Crippen LogP contribution in [0.15, 0.2) is 30.3 Å². The van der Waals surface area contributed by atoms with Crippen LogP contribution in [0.1, 0.15) is 32.4 Å². The highest BCUT2D eigenvalue weighted by Gasteiger charge is 2.23. The highest BCUT2D eigenvalue weighted by atomic mass is 16.5. The van der Waals surface area contributed by atoms with Gasteiger partial charge in [-0.3, -0.25) is 14.5 Å². The Kier molecular flexibility index (Phi) is 6.34. The lowest BCUT2D eigenvalue weighted by molar-refractivity contribution is -0.140. The van der Waals surface area contributed by atoms with Crippen molar-refractivity contribution in [1.29, 1.82) is 0 Å². The number of nitrogens with zero attached hydrogens (tertiary/aromatic N) is 1. The molecule has 2 rings (SSSR count). The topological polar surface area (TPSA) is 70.7 Å². The van der Waals surface area contributed by atoms with E-state index in [1.165, 1.54) is 0 Å². The summed E-state index contributed by atoms with van der Waals surface area (Å²) in [5, 5.41) is 5.32. The Hall–Kier alpha value is -1.92. The molecule has 1 heterocycles. The molecule has 2 amide bonds. The van der Waals surface area contributed by atoms with E-state index in [1.807, 2.05) is 39.0 Å². The van der Waals surface area contributed by atoms with E-state index in [4.69, 9.17) is 4.74 Å². The van der Waals surface area contributed by atoms with Gasteiger partial charge in [-0.05, 0) is 26.3 Å². The summed E-state index contributed by atoms with van der Waals surface area (Å²) >= 11 is 0. The zero-order valence-corrected chi connectivity index (χ0v) is 14.7. The second-order valence-corrected chi connectivity index (χ2v) is 7.03. The van der Waals surface area contributed by atoms with Crippen molar-refractivity contribution in [3.63, 3.8) is 0 Å². The molecule has 0 bridgehead atoms. The molecule has 24 heavy (non-hydrogen) atoms. The van der Waals surface area contributed by atoms with Crippen molar-refractivity contribution >= 4 is 11.8 Å². The maximum Gasteiger partial charge on any atom is 0.309 e. The fourth-order valence-corrected chi connectivity index (χ4v) is 2.58. The minimum absolute atomic E-state index is 0.0554. The lowest BCUT2D eigenvalue weighted by Crippen LogP contribution is -2.49. The smallest absolute Gasteiger partial charge is 0.309 e. The van der Waals surface area contributed by atoms with E-state index in [0.717, 1.165) is 18.7 Å². The Morgan fingerprint density at radius 2 is 1.92 bits per heavy atom. The Morgan fingerprint density at radius 1 is 1.21 bits per heavy atom. The number of ether oxygens (including phenoxy) is 1. The van der Waals surface area contributed by atoms with Gasteiger partial charge in [-0.25, -0.2) is 0 Å². The zero-order chi connectivity index (χ0) is 17.6. The molecule has 1 aromatic carbocycles. The minimum atomic E-state index is -0.591. The fraction of sp³-hybridized carbons (Fsp3) is 0.556. The molecular weight excluding hydrogens is 306 g/mol. The summed E-state index contributed by atoms with van der Waals surface area (Å²) in [6.45, 7) is 8.94. The van der Waals surface area contributed by atoms with Crippen LogP contribution in [0.2, 0.25) is 0 Å². The maximum absolute atomic E-state index is 11.8. The molecule has 6 nitrogen and oxygen atoms in total. The van der Waals surface area contributed by atoms with Gasteiger partial charge >= 0.3 is 11.8 Å². The summed E-state index contributed by atoms with van der Waals surface area (Å²) in [6.07, 6.45) is 0.0554. The molecule has 1 aromatic rings. The van der Waals surface area contributed by atoms with Gasteiger partial charge in [0.1, 0.15) is 0 Å². The molecule has 0 aliphatic carbocycles. The third-order valence-corrected chi connectivity index (χ3v) is 3.73. The van der Waals surface area contributed by atoms with Gasteiger partial charge in [-0.15, -0.1) is 0 Å². The highest BCUT2D eigenvalue weighted by Crippen LogP contribution is 2.21. The molecule has 6 heteroatoms. The van der Waals surface area contributed by atoms with Crippen molar-refractivity contribution in [3.8, 4) is 0 Å². The van der Waals surface area contributed by atoms with Gasteiger partial charge in [-0.2, -0.15) is 0 Å². The number of hydrogen-bond acceptors (Lipinski definition) is 4. The number of morpholine rings is 1. The van der Waals surface area contributed by atoms with E-state index in [9.17, 15) is 9.59 Å². The van der Waals surface area contributed by atoms with Crippen LogP contribution in [0.4, 0.5) is 0 Å². The Balaban J connectivity index is 1.74. The number of carbonyl (C=O) groups is 2. The van der Waals surface area contributed by atoms with Crippen LogP contribution in [0, 0.1) is 0 Å². The lowest BCUT2D eigenvalue weighted by Gasteiger charge is -2.33. The molecular formula is C18H27N3O3. The standard InChI is InChI=1S/C18H27N3O3/c1-18(2,3)20-17(23)16(22)19-9-10-21-11-12-24-15(13-21)14-7-5-4-6-8-14/h4-8,15H,9-13H2,1-3H3,(H,19,22)(H,20,23). The van der Waals surface area contributed by atoms with Crippen LogP contribution in [-0.2, 0) is 14.3 Å². The van der Waals surface area contributed by atoms with Crippen LogP contribution < -0.4 is 10.6 Å². The number of hydrogen-bond donors (Lipinski definition) is 2. The van der Waals surface area contributed by atoms with Crippen LogP contribution in [0.5, 0.6) is 0 Å². The normalized spacial score (nSPS) is 18.9. The molecule has 0 aromatic heterocycles.